The normalized spacial score (nSPS) is 17.7. The number of hydrogen-bond donors (Lipinski definition) is 3. The lowest BCUT2D eigenvalue weighted by atomic mass is 10.0. The number of halogens is 1. The number of fused-ring (bicyclic) bond motifs is 1. The van der Waals surface area contributed by atoms with Gasteiger partial charge in [0.25, 0.3) is 5.91 Å². The summed E-state index contributed by atoms with van der Waals surface area (Å²) < 4.78 is 18.1. The van der Waals surface area contributed by atoms with Gasteiger partial charge in [-0.15, -0.1) is 0 Å². The Morgan fingerprint density at radius 3 is 2.77 bits per heavy atom. The van der Waals surface area contributed by atoms with E-state index in [2.05, 4.69) is 10.3 Å². The van der Waals surface area contributed by atoms with Crippen LogP contribution in [0.15, 0.2) is 58.8 Å². The maximum absolute atomic E-state index is 14.4. The van der Waals surface area contributed by atoms with E-state index in [0.717, 1.165) is 27.1 Å². The number of amides is 1. The summed E-state index contributed by atoms with van der Waals surface area (Å²) in [6.07, 6.45) is 0.363. The Bertz CT molecular complexity index is 1260. The summed E-state index contributed by atoms with van der Waals surface area (Å²) in [6, 6.07) is 11.6. The summed E-state index contributed by atoms with van der Waals surface area (Å²) >= 11 is 1.38. The number of carbonyl (C=O) groups excluding carboxylic acids is 1. The molecule has 0 spiro atoms. The van der Waals surface area contributed by atoms with Crippen LogP contribution in [0.5, 0.6) is 0 Å². The van der Waals surface area contributed by atoms with Gasteiger partial charge in [0.1, 0.15) is 5.69 Å². The molecule has 1 aromatic carbocycles. The summed E-state index contributed by atoms with van der Waals surface area (Å²) in [7, 11) is 1.84. The maximum atomic E-state index is 14.4. The average molecular weight is 497 g/mol. The van der Waals surface area contributed by atoms with E-state index < -0.39 is 6.17 Å². The molecule has 1 unspecified atom stereocenters. The molecular weight excluding hydrogens is 463 g/mol. The van der Waals surface area contributed by atoms with E-state index in [1.165, 1.54) is 11.9 Å². The van der Waals surface area contributed by atoms with Crippen LogP contribution in [0.25, 0.3) is 10.9 Å². The molecule has 0 saturated carbocycles. The lowest BCUT2D eigenvalue weighted by Crippen LogP contribution is -2.41. The van der Waals surface area contributed by atoms with Crippen LogP contribution in [0.1, 0.15) is 42.5 Å². The summed E-state index contributed by atoms with van der Waals surface area (Å²) in [5.74, 6) is -0.185. The number of benzene rings is 1. The molecule has 1 aliphatic rings. The van der Waals surface area contributed by atoms with Gasteiger partial charge in [0.2, 0.25) is 0 Å². The molecule has 3 aromatic rings. The Morgan fingerprint density at radius 1 is 1.31 bits per heavy atom. The van der Waals surface area contributed by atoms with Crippen LogP contribution < -0.4 is 11.1 Å². The maximum Gasteiger partial charge on any atom is 0.268 e. The molecule has 1 fully saturated rings. The van der Waals surface area contributed by atoms with E-state index in [0.29, 0.717) is 30.1 Å². The Kier molecular flexibility index (Phi) is 8.69. The monoisotopic (exact) mass is 496 g/mol. The molecule has 4 rings (SSSR count). The van der Waals surface area contributed by atoms with Crippen LogP contribution in [0, 0.1) is 12.3 Å². The fourth-order valence-corrected chi connectivity index (χ4v) is 5.01. The van der Waals surface area contributed by atoms with Crippen LogP contribution in [-0.2, 0) is 13.6 Å². The summed E-state index contributed by atoms with van der Waals surface area (Å²) in [6.45, 7) is 8.49. The molecule has 3 heterocycles. The fraction of sp³-hybridized carbons (Fsp3) is 0.346. The predicted molar refractivity (Wildman–Crippen MR) is 141 cm³/mol. The molecule has 0 radical (unpaired) electrons. The SMILES string of the molecule is C/C(N)=C1\CN(Sc2cc(C(=O)NCc3cccc4ncccc34)n(C)c2C)CC(F)C1=N.CC. The molecule has 186 valence electrons. The molecule has 0 aliphatic carbocycles. The Labute approximate surface area is 210 Å². The van der Waals surface area contributed by atoms with Gasteiger partial charge < -0.3 is 21.0 Å². The first-order valence-electron chi connectivity index (χ1n) is 11.6. The van der Waals surface area contributed by atoms with E-state index in [-0.39, 0.29) is 18.2 Å². The number of nitrogens with one attached hydrogen (secondary N) is 2. The van der Waals surface area contributed by atoms with Crippen molar-refractivity contribution in [1.29, 1.82) is 5.41 Å². The van der Waals surface area contributed by atoms with E-state index in [1.54, 1.807) is 13.1 Å². The fourth-order valence-electron chi connectivity index (χ4n) is 3.90. The minimum absolute atomic E-state index is 0.0414. The van der Waals surface area contributed by atoms with Crippen molar-refractivity contribution in [1.82, 2.24) is 19.2 Å². The minimum atomic E-state index is -1.39. The number of pyridine rings is 1. The number of aromatic nitrogens is 2. The van der Waals surface area contributed by atoms with Crippen LogP contribution in [-0.4, -0.2) is 44.7 Å². The lowest BCUT2D eigenvalue weighted by molar-refractivity contribution is 0.0942. The molecule has 1 aliphatic heterocycles. The predicted octanol–water partition coefficient (Wildman–Crippen LogP) is 4.75. The van der Waals surface area contributed by atoms with Crippen LogP contribution in [0.4, 0.5) is 4.39 Å². The molecule has 1 atom stereocenters. The van der Waals surface area contributed by atoms with Crippen LogP contribution in [0.2, 0.25) is 0 Å². The highest BCUT2D eigenvalue weighted by Crippen LogP contribution is 2.32. The Hall–Kier alpha value is -3.17. The van der Waals surface area contributed by atoms with E-state index in [9.17, 15) is 9.18 Å². The highest BCUT2D eigenvalue weighted by atomic mass is 32.2. The zero-order chi connectivity index (χ0) is 25.7. The molecule has 35 heavy (non-hydrogen) atoms. The standard InChI is InChI=1S/C24H27FN6OS.C2H6/c1-14(26)18-12-31(13-19(25)23(18)27)33-22-10-21(30(3)15(22)2)24(32)29-11-16-6-4-8-20-17(16)7-5-9-28-20;1-2/h4-10,19,27H,11-13,26H2,1-3H3,(H,29,32);1-2H3/b18-14-,27-23?;. The van der Waals surface area contributed by atoms with Crippen LogP contribution >= 0.6 is 11.9 Å². The molecule has 0 bridgehead atoms. The Morgan fingerprint density at radius 2 is 2.06 bits per heavy atom. The molecule has 1 amide bonds. The topological polar surface area (TPSA) is 100 Å². The zero-order valence-corrected chi connectivity index (χ0v) is 21.7. The van der Waals surface area contributed by atoms with Gasteiger partial charge in [0.05, 0.1) is 11.2 Å². The van der Waals surface area contributed by atoms with Crippen molar-refractivity contribution in [2.24, 2.45) is 12.8 Å². The second-order valence-electron chi connectivity index (χ2n) is 8.16. The number of carbonyl (C=O) groups is 1. The number of rotatable bonds is 5. The number of nitrogens with two attached hydrogens (primary N) is 1. The number of allylic oxidation sites excluding steroid dienone is 1. The quantitative estimate of drug-likeness (QED) is 0.443. The third-order valence-corrected chi connectivity index (χ3v) is 7.08. The molecular formula is C26H33FN6OS. The first kappa shape index (κ1) is 26.4. The van der Waals surface area contributed by atoms with E-state index in [1.807, 2.05) is 73.1 Å². The number of piperidine rings is 1. The second kappa shape index (κ2) is 11.5. The molecule has 4 N–H and O–H groups in total. The van der Waals surface area contributed by atoms with Crippen molar-refractivity contribution >= 4 is 34.5 Å². The smallest absolute Gasteiger partial charge is 0.268 e. The first-order chi connectivity index (χ1) is 16.8. The lowest BCUT2D eigenvalue weighted by Gasteiger charge is -2.30. The van der Waals surface area contributed by atoms with Crippen molar-refractivity contribution in [2.45, 2.75) is 45.3 Å². The number of nitrogens with zero attached hydrogens (tertiary/aromatic N) is 3. The van der Waals surface area contributed by atoms with E-state index in [4.69, 9.17) is 11.1 Å². The minimum Gasteiger partial charge on any atom is -0.402 e. The highest BCUT2D eigenvalue weighted by molar-refractivity contribution is 7.97. The van der Waals surface area contributed by atoms with Crippen molar-refractivity contribution in [3.05, 3.63) is 70.8 Å². The third-order valence-electron chi connectivity index (χ3n) is 5.94. The van der Waals surface area contributed by atoms with Crippen molar-refractivity contribution in [3.8, 4) is 0 Å². The summed E-state index contributed by atoms with van der Waals surface area (Å²) in [5, 5.41) is 12.0. The molecule has 9 heteroatoms. The second-order valence-corrected chi connectivity index (χ2v) is 9.30. The molecule has 7 nitrogen and oxygen atoms in total. The first-order valence-corrected chi connectivity index (χ1v) is 12.4. The summed E-state index contributed by atoms with van der Waals surface area (Å²) in [4.78, 5) is 18.2. The van der Waals surface area contributed by atoms with Gasteiger partial charge in [-0.2, -0.15) is 0 Å². The number of alkyl halides is 1. The molecule has 1 saturated heterocycles. The van der Waals surface area contributed by atoms with Gasteiger partial charge in [0.15, 0.2) is 6.17 Å². The van der Waals surface area contributed by atoms with Crippen molar-refractivity contribution in [2.75, 3.05) is 13.1 Å². The highest BCUT2D eigenvalue weighted by Gasteiger charge is 2.30. The largest absolute Gasteiger partial charge is 0.402 e. The van der Waals surface area contributed by atoms with Gasteiger partial charge in [-0.05, 0) is 49.6 Å². The average Bonchev–Trinajstić information content (AvgIpc) is 3.14. The van der Waals surface area contributed by atoms with Gasteiger partial charge in [-0.1, -0.05) is 32.0 Å². The number of hydrogen-bond acceptors (Lipinski definition) is 6. The molecule has 2 aromatic heterocycles. The van der Waals surface area contributed by atoms with Crippen LogP contribution in [0.3, 0.4) is 0 Å². The van der Waals surface area contributed by atoms with Crippen molar-refractivity contribution < 1.29 is 9.18 Å². The van der Waals surface area contributed by atoms with Gasteiger partial charge in [-0.3, -0.25) is 9.78 Å². The van der Waals surface area contributed by atoms with Crippen molar-refractivity contribution in [3.63, 3.8) is 0 Å². The van der Waals surface area contributed by atoms with Gasteiger partial charge >= 0.3 is 0 Å². The van der Waals surface area contributed by atoms with Gasteiger partial charge in [-0.25, -0.2) is 8.70 Å². The zero-order valence-electron chi connectivity index (χ0n) is 20.9. The summed E-state index contributed by atoms with van der Waals surface area (Å²) in [5.41, 5.74) is 10.1. The van der Waals surface area contributed by atoms with Gasteiger partial charge in [0, 0.05) is 60.1 Å². The third kappa shape index (κ3) is 5.74. The van der Waals surface area contributed by atoms with E-state index >= 15 is 0 Å². The Balaban J connectivity index is 0.00000167.